The van der Waals surface area contributed by atoms with Crippen LogP contribution in [0.15, 0.2) is 42.5 Å². The summed E-state index contributed by atoms with van der Waals surface area (Å²) in [5.41, 5.74) is 6.38. The summed E-state index contributed by atoms with van der Waals surface area (Å²) in [4.78, 5) is 23.2. The predicted molar refractivity (Wildman–Crippen MR) is 77.2 cm³/mol. The van der Waals surface area contributed by atoms with Gasteiger partial charge in [-0.3, -0.25) is 4.79 Å². The van der Waals surface area contributed by atoms with E-state index >= 15 is 0 Å². The number of nitrogens with two attached hydrogens (primary N) is 1. The fourth-order valence-corrected chi connectivity index (χ4v) is 1.89. The number of para-hydroxylation sites is 1. The van der Waals surface area contributed by atoms with Gasteiger partial charge in [-0.05, 0) is 30.3 Å². The van der Waals surface area contributed by atoms with Crippen LogP contribution in [0.4, 0.5) is 11.4 Å². The first-order chi connectivity index (χ1) is 9.49. The molecule has 2 aromatic rings. The van der Waals surface area contributed by atoms with Crippen LogP contribution < -0.4 is 11.1 Å². The number of anilines is 2. The fourth-order valence-electron chi connectivity index (χ4n) is 1.69. The van der Waals surface area contributed by atoms with Gasteiger partial charge in [0.25, 0.3) is 5.91 Å². The Morgan fingerprint density at radius 1 is 1.10 bits per heavy atom. The Hall–Kier alpha value is -2.53. The normalized spacial score (nSPS) is 10.1. The maximum absolute atomic E-state index is 12.1. The van der Waals surface area contributed by atoms with Crippen LogP contribution in [0, 0.1) is 0 Å². The lowest BCUT2D eigenvalue weighted by molar-refractivity contribution is 0.0698. The minimum atomic E-state index is -1.13. The largest absolute Gasteiger partial charge is 0.478 e. The molecule has 0 aliphatic rings. The lowest BCUT2D eigenvalue weighted by Crippen LogP contribution is -2.15. The van der Waals surface area contributed by atoms with E-state index in [4.69, 9.17) is 22.4 Å². The monoisotopic (exact) mass is 290 g/mol. The van der Waals surface area contributed by atoms with E-state index in [1.54, 1.807) is 18.2 Å². The number of benzene rings is 2. The van der Waals surface area contributed by atoms with E-state index in [1.165, 1.54) is 24.3 Å². The number of carbonyl (C=O) groups is 2. The van der Waals surface area contributed by atoms with Crippen molar-refractivity contribution in [1.29, 1.82) is 0 Å². The number of hydrogen-bond donors (Lipinski definition) is 3. The fraction of sp³-hybridized carbons (Fsp3) is 0. The molecule has 102 valence electrons. The van der Waals surface area contributed by atoms with Gasteiger partial charge in [0.2, 0.25) is 0 Å². The molecule has 0 aromatic heterocycles. The number of halogens is 1. The Labute approximate surface area is 120 Å². The maximum Gasteiger partial charge on any atom is 0.337 e. The Morgan fingerprint density at radius 3 is 2.50 bits per heavy atom. The van der Waals surface area contributed by atoms with Gasteiger partial charge in [0, 0.05) is 5.69 Å². The molecule has 0 aliphatic carbocycles. The molecule has 0 bridgehead atoms. The highest BCUT2D eigenvalue weighted by molar-refractivity contribution is 6.34. The summed E-state index contributed by atoms with van der Waals surface area (Å²) in [7, 11) is 0. The van der Waals surface area contributed by atoms with Crippen LogP contribution in [0.3, 0.4) is 0 Å². The molecule has 5 nitrogen and oxygen atoms in total. The number of amides is 1. The topological polar surface area (TPSA) is 92.4 Å². The number of carboxylic acids is 1. The predicted octanol–water partition coefficient (Wildman–Crippen LogP) is 2.87. The van der Waals surface area contributed by atoms with Gasteiger partial charge in [0.05, 0.1) is 21.8 Å². The molecule has 0 saturated heterocycles. The number of aromatic carboxylic acids is 1. The molecular weight excluding hydrogens is 280 g/mol. The van der Waals surface area contributed by atoms with Crippen molar-refractivity contribution in [3.8, 4) is 0 Å². The van der Waals surface area contributed by atoms with Gasteiger partial charge in [-0.15, -0.1) is 0 Å². The second-order valence-electron chi connectivity index (χ2n) is 4.04. The Kier molecular flexibility index (Phi) is 3.91. The maximum atomic E-state index is 12.1. The number of carboxylic acid groups (broad SMARTS) is 1. The number of nitrogen functional groups attached to an aromatic ring is 1. The van der Waals surface area contributed by atoms with Crippen LogP contribution in [0.1, 0.15) is 20.7 Å². The molecule has 6 heteroatoms. The van der Waals surface area contributed by atoms with E-state index in [0.717, 1.165) is 0 Å². The van der Waals surface area contributed by atoms with Gasteiger partial charge in [-0.2, -0.15) is 0 Å². The van der Waals surface area contributed by atoms with E-state index in [9.17, 15) is 9.59 Å². The molecule has 0 atom stereocenters. The molecule has 0 aliphatic heterocycles. The van der Waals surface area contributed by atoms with Crippen molar-refractivity contribution in [3.63, 3.8) is 0 Å². The van der Waals surface area contributed by atoms with Crippen LogP contribution in [-0.2, 0) is 0 Å². The van der Waals surface area contributed by atoms with Gasteiger partial charge < -0.3 is 16.2 Å². The molecule has 20 heavy (non-hydrogen) atoms. The number of hydrogen-bond acceptors (Lipinski definition) is 3. The van der Waals surface area contributed by atoms with Gasteiger partial charge in [-0.1, -0.05) is 23.7 Å². The molecule has 4 N–H and O–H groups in total. The number of rotatable bonds is 3. The van der Waals surface area contributed by atoms with Crippen molar-refractivity contribution in [1.82, 2.24) is 0 Å². The van der Waals surface area contributed by atoms with Gasteiger partial charge in [0.1, 0.15) is 0 Å². The third kappa shape index (κ3) is 2.89. The van der Waals surface area contributed by atoms with Crippen molar-refractivity contribution in [3.05, 3.63) is 58.6 Å². The molecule has 2 rings (SSSR count). The van der Waals surface area contributed by atoms with E-state index in [0.29, 0.717) is 5.69 Å². The first-order valence-corrected chi connectivity index (χ1v) is 6.05. The van der Waals surface area contributed by atoms with Crippen molar-refractivity contribution < 1.29 is 14.7 Å². The second kappa shape index (κ2) is 5.63. The third-order valence-corrected chi connectivity index (χ3v) is 2.97. The summed E-state index contributed by atoms with van der Waals surface area (Å²) in [5.74, 6) is -1.64. The zero-order chi connectivity index (χ0) is 14.7. The van der Waals surface area contributed by atoms with E-state index < -0.39 is 11.9 Å². The minimum absolute atomic E-state index is 0.000811. The lowest BCUT2D eigenvalue weighted by atomic mass is 10.1. The second-order valence-corrected chi connectivity index (χ2v) is 4.45. The molecule has 0 saturated carbocycles. The van der Waals surface area contributed by atoms with E-state index in [1.807, 2.05) is 0 Å². The molecule has 0 spiro atoms. The third-order valence-electron chi connectivity index (χ3n) is 2.64. The zero-order valence-corrected chi connectivity index (χ0v) is 11.0. The lowest BCUT2D eigenvalue weighted by Gasteiger charge is -2.09. The summed E-state index contributed by atoms with van der Waals surface area (Å²) in [6, 6.07) is 10.6. The number of nitrogens with one attached hydrogen (secondary N) is 1. The highest BCUT2D eigenvalue weighted by Gasteiger charge is 2.15. The van der Waals surface area contributed by atoms with Gasteiger partial charge >= 0.3 is 5.97 Å². The van der Waals surface area contributed by atoms with Crippen molar-refractivity contribution in [2.24, 2.45) is 0 Å². The first-order valence-electron chi connectivity index (χ1n) is 5.67. The minimum Gasteiger partial charge on any atom is -0.478 e. The standard InChI is InChI=1S/C14H11ClN2O3/c15-11-6-5-8(16)7-10(11)13(18)17-12-4-2-1-3-9(12)14(19)20/h1-7H,16H2,(H,17,18)(H,19,20). The summed E-state index contributed by atoms with van der Waals surface area (Å²) in [6.07, 6.45) is 0. The summed E-state index contributed by atoms with van der Waals surface area (Å²) >= 11 is 5.93. The summed E-state index contributed by atoms with van der Waals surface area (Å²) in [6.45, 7) is 0. The molecule has 0 radical (unpaired) electrons. The highest BCUT2D eigenvalue weighted by Crippen LogP contribution is 2.22. The zero-order valence-electron chi connectivity index (χ0n) is 10.3. The highest BCUT2D eigenvalue weighted by atomic mass is 35.5. The van der Waals surface area contributed by atoms with E-state index in [2.05, 4.69) is 5.32 Å². The summed E-state index contributed by atoms with van der Waals surface area (Å²) < 4.78 is 0. The van der Waals surface area contributed by atoms with Crippen LogP contribution in [0.25, 0.3) is 0 Å². The van der Waals surface area contributed by atoms with Gasteiger partial charge in [-0.25, -0.2) is 4.79 Å². The molecule has 1 amide bonds. The van der Waals surface area contributed by atoms with Crippen LogP contribution in [-0.4, -0.2) is 17.0 Å². The average molecular weight is 291 g/mol. The van der Waals surface area contributed by atoms with E-state index in [-0.39, 0.29) is 21.8 Å². The quantitative estimate of drug-likeness (QED) is 0.758. The SMILES string of the molecule is Nc1ccc(Cl)c(C(=O)Nc2ccccc2C(=O)O)c1. The molecular formula is C14H11ClN2O3. The van der Waals surface area contributed by atoms with Crippen molar-refractivity contribution in [2.75, 3.05) is 11.1 Å². The smallest absolute Gasteiger partial charge is 0.337 e. The molecule has 2 aromatic carbocycles. The Bertz CT molecular complexity index is 686. The van der Waals surface area contributed by atoms with Crippen LogP contribution in [0.2, 0.25) is 5.02 Å². The molecule has 0 unspecified atom stereocenters. The average Bonchev–Trinajstić information content (AvgIpc) is 2.41. The summed E-state index contributed by atoms with van der Waals surface area (Å²) in [5, 5.41) is 11.8. The molecule has 0 heterocycles. The van der Waals surface area contributed by atoms with Gasteiger partial charge in [0.15, 0.2) is 0 Å². The number of carbonyl (C=O) groups excluding carboxylic acids is 1. The first kappa shape index (κ1) is 13.9. The Morgan fingerprint density at radius 2 is 1.80 bits per heavy atom. The van der Waals surface area contributed by atoms with Crippen LogP contribution >= 0.6 is 11.6 Å². The van der Waals surface area contributed by atoms with Crippen LogP contribution in [0.5, 0.6) is 0 Å². The Balaban J connectivity index is 2.33. The van der Waals surface area contributed by atoms with Crippen molar-refractivity contribution in [2.45, 2.75) is 0 Å². The molecule has 0 fully saturated rings. The van der Waals surface area contributed by atoms with Crippen molar-refractivity contribution >= 4 is 34.9 Å².